The average molecular weight is 409 g/mol. The number of carbonyl (C=O) groups is 1. The molecule has 1 aliphatic rings. The van der Waals surface area contributed by atoms with Crippen molar-refractivity contribution >= 4 is 34.1 Å². The fraction of sp³-hybridized carbons (Fsp3) is 0.148. The predicted octanol–water partition coefficient (Wildman–Crippen LogP) is 5.55. The van der Waals surface area contributed by atoms with Crippen LogP contribution in [-0.2, 0) is 11.3 Å². The van der Waals surface area contributed by atoms with Gasteiger partial charge < -0.3 is 14.2 Å². The van der Waals surface area contributed by atoms with Gasteiger partial charge in [-0.15, -0.1) is 0 Å². The molecule has 4 aromatic rings. The van der Waals surface area contributed by atoms with Gasteiger partial charge in [-0.05, 0) is 37.3 Å². The van der Waals surface area contributed by atoms with E-state index in [1.54, 1.807) is 4.90 Å². The number of fused-ring (bicyclic) bond motifs is 2. The van der Waals surface area contributed by atoms with Crippen LogP contribution in [0.15, 0.2) is 79.0 Å². The first-order chi connectivity index (χ1) is 15.1. The highest BCUT2D eigenvalue weighted by Gasteiger charge is 2.29. The fourth-order valence-electron chi connectivity index (χ4n) is 4.17. The zero-order chi connectivity index (χ0) is 21.4. The van der Waals surface area contributed by atoms with Crippen molar-refractivity contribution < 1.29 is 9.53 Å². The number of aryl methyl sites for hydroxylation is 1. The second-order valence-electron chi connectivity index (χ2n) is 7.90. The van der Waals surface area contributed by atoms with Crippen molar-refractivity contribution in [2.45, 2.75) is 13.5 Å². The van der Waals surface area contributed by atoms with E-state index in [4.69, 9.17) is 4.74 Å². The first-order valence-electron chi connectivity index (χ1n) is 10.5. The van der Waals surface area contributed by atoms with Gasteiger partial charge in [-0.25, -0.2) is 0 Å². The van der Waals surface area contributed by atoms with Gasteiger partial charge in [-0.1, -0.05) is 54.1 Å². The van der Waals surface area contributed by atoms with E-state index in [0.29, 0.717) is 6.61 Å². The van der Waals surface area contributed by atoms with Crippen molar-refractivity contribution in [3.63, 3.8) is 0 Å². The van der Waals surface area contributed by atoms with E-state index >= 15 is 0 Å². The standard InChI is InChI=1S/C27H24N2O2/c1-19-11-13-21(14-12-19)31-16-15-29-18-20(22-7-3-6-10-26(22)29)17-24-23-8-4-5-9-25(23)28(2)27(24)30/h3-14,17-18H,15-16H2,1-2H3/b24-17+. The molecule has 0 unspecified atom stereocenters. The number of benzene rings is 3. The van der Waals surface area contributed by atoms with Crippen LogP contribution in [0, 0.1) is 6.92 Å². The normalized spacial score (nSPS) is 14.5. The van der Waals surface area contributed by atoms with Gasteiger partial charge in [0.1, 0.15) is 12.4 Å². The average Bonchev–Trinajstić information content (AvgIpc) is 3.26. The Bertz CT molecular complexity index is 1300. The summed E-state index contributed by atoms with van der Waals surface area (Å²) in [6.45, 7) is 3.36. The van der Waals surface area contributed by atoms with Gasteiger partial charge in [0, 0.05) is 40.8 Å². The molecule has 1 aliphatic heterocycles. The molecule has 2 heterocycles. The summed E-state index contributed by atoms with van der Waals surface area (Å²) < 4.78 is 8.14. The van der Waals surface area contributed by atoms with Crippen LogP contribution < -0.4 is 9.64 Å². The number of anilines is 1. The van der Waals surface area contributed by atoms with Gasteiger partial charge in [-0.3, -0.25) is 4.79 Å². The van der Waals surface area contributed by atoms with E-state index in [2.05, 4.69) is 42.0 Å². The van der Waals surface area contributed by atoms with E-state index < -0.39 is 0 Å². The van der Waals surface area contributed by atoms with E-state index in [1.165, 1.54) is 5.56 Å². The number of hydrogen-bond acceptors (Lipinski definition) is 2. The minimum Gasteiger partial charge on any atom is -0.492 e. The van der Waals surface area contributed by atoms with Crippen LogP contribution in [0.1, 0.15) is 16.7 Å². The minimum atomic E-state index is 0.0285. The molecule has 0 bridgehead atoms. The summed E-state index contributed by atoms with van der Waals surface area (Å²) in [7, 11) is 1.83. The monoisotopic (exact) mass is 408 g/mol. The van der Waals surface area contributed by atoms with Gasteiger partial charge in [-0.2, -0.15) is 0 Å². The number of ether oxygens (including phenoxy) is 1. The van der Waals surface area contributed by atoms with Gasteiger partial charge >= 0.3 is 0 Å². The van der Waals surface area contributed by atoms with Crippen LogP contribution in [-0.4, -0.2) is 24.1 Å². The van der Waals surface area contributed by atoms with Crippen molar-refractivity contribution in [2.24, 2.45) is 0 Å². The highest BCUT2D eigenvalue weighted by atomic mass is 16.5. The molecule has 0 spiro atoms. The quantitative estimate of drug-likeness (QED) is 0.406. The number of para-hydroxylation sites is 2. The van der Waals surface area contributed by atoms with Crippen LogP contribution in [0.3, 0.4) is 0 Å². The molecular weight excluding hydrogens is 384 g/mol. The zero-order valence-electron chi connectivity index (χ0n) is 17.7. The molecule has 1 amide bonds. The summed E-state index contributed by atoms with van der Waals surface area (Å²) in [4.78, 5) is 14.6. The third-order valence-corrected chi connectivity index (χ3v) is 5.83. The first-order valence-corrected chi connectivity index (χ1v) is 10.5. The summed E-state index contributed by atoms with van der Waals surface area (Å²) in [6.07, 6.45) is 4.13. The topological polar surface area (TPSA) is 34.5 Å². The van der Waals surface area contributed by atoms with Gasteiger partial charge in [0.25, 0.3) is 5.91 Å². The van der Waals surface area contributed by atoms with Gasteiger partial charge in [0.15, 0.2) is 0 Å². The van der Waals surface area contributed by atoms with Crippen LogP contribution in [0.5, 0.6) is 5.75 Å². The maximum atomic E-state index is 12.9. The van der Waals surface area contributed by atoms with Crippen molar-refractivity contribution in [3.05, 3.63) is 95.7 Å². The largest absolute Gasteiger partial charge is 0.492 e. The lowest BCUT2D eigenvalue weighted by Gasteiger charge is -2.08. The maximum Gasteiger partial charge on any atom is 0.258 e. The molecule has 154 valence electrons. The molecular formula is C27H24N2O2. The highest BCUT2D eigenvalue weighted by molar-refractivity contribution is 6.36. The zero-order valence-corrected chi connectivity index (χ0v) is 17.7. The van der Waals surface area contributed by atoms with Crippen molar-refractivity contribution in [3.8, 4) is 5.75 Å². The second kappa shape index (κ2) is 7.80. The van der Waals surface area contributed by atoms with Crippen molar-refractivity contribution in [1.29, 1.82) is 0 Å². The maximum absolute atomic E-state index is 12.9. The highest BCUT2D eigenvalue weighted by Crippen LogP contribution is 2.37. The number of hydrogen-bond donors (Lipinski definition) is 0. The van der Waals surface area contributed by atoms with E-state index in [9.17, 15) is 4.79 Å². The molecule has 0 N–H and O–H groups in total. The Kier molecular flexibility index (Phi) is 4.83. The number of aromatic nitrogens is 1. The Balaban J connectivity index is 1.46. The lowest BCUT2D eigenvalue weighted by molar-refractivity contribution is -0.112. The van der Waals surface area contributed by atoms with E-state index in [-0.39, 0.29) is 5.91 Å². The number of likely N-dealkylation sites (N-methyl/N-ethyl adjacent to an activating group) is 1. The van der Waals surface area contributed by atoms with Crippen molar-refractivity contribution in [2.75, 3.05) is 18.6 Å². The Morgan fingerprint density at radius 2 is 1.68 bits per heavy atom. The summed E-state index contributed by atoms with van der Waals surface area (Å²) >= 11 is 0. The molecule has 1 aromatic heterocycles. The Morgan fingerprint density at radius 3 is 2.52 bits per heavy atom. The van der Waals surface area contributed by atoms with Crippen LogP contribution >= 0.6 is 0 Å². The molecule has 0 atom stereocenters. The third-order valence-electron chi connectivity index (χ3n) is 5.83. The molecule has 0 radical (unpaired) electrons. The second-order valence-corrected chi connectivity index (χ2v) is 7.90. The molecule has 31 heavy (non-hydrogen) atoms. The molecule has 4 nitrogen and oxygen atoms in total. The molecule has 5 rings (SSSR count). The van der Waals surface area contributed by atoms with Crippen molar-refractivity contribution in [1.82, 2.24) is 4.57 Å². The number of nitrogens with zero attached hydrogens (tertiary/aromatic N) is 2. The summed E-state index contributed by atoms with van der Waals surface area (Å²) in [5.41, 5.74) is 6.06. The molecule has 0 fully saturated rings. The van der Waals surface area contributed by atoms with Gasteiger partial charge in [0.05, 0.1) is 12.2 Å². The molecule has 0 saturated heterocycles. The number of rotatable bonds is 5. The molecule has 4 heteroatoms. The first kappa shape index (κ1) is 19.2. The lowest BCUT2D eigenvalue weighted by atomic mass is 10.0. The predicted molar refractivity (Wildman–Crippen MR) is 126 cm³/mol. The van der Waals surface area contributed by atoms with Crippen LogP contribution in [0.4, 0.5) is 5.69 Å². The third kappa shape index (κ3) is 3.50. The number of carbonyl (C=O) groups excluding carboxylic acids is 1. The fourth-order valence-corrected chi connectivity index (χ4v) is 4.17. The minimum absolute atomic E-state index is 0.0285. The van der Waals surface area contributed by atoms with Gasteiger partial charge in [0.2, 0.25) is 0 Å². The molecule has 0 saturated carbocycles. The number of amides is 1. The Hall–Kier alpha value is -3.79. The lowest BCUT2D eigenvalue weighted by Crippen LogP contribution is -2.20. The summed E-state index contributed by atoms with van der Waals surface area (Å²) in [5.74, 6) is 0.904. The summed E-state index contributed by atoms with van der Waals surface area (Å²) in [6, 6.07) is 24.3. The molecule has 0 aliphatic carbocycles. The Labute approximate surface area is 182 Å². The van der Waals surface area contributed by atoms with E-state index in [1.807, 2.05) is 61.7 Å². The summed E-state index contributed by atoms with van der Waals surface area (Å²) in [5, 5.41) is 1.13. The van der Waals surface area contributed by atoms with Crippen LogP contribution in [0.2, 0.25) is 0 Å². The SMILES string of the molecule is Cc1ccc(OCCn2cc(/C=C3/C(=O)N(C)c4ccccc43)c3ccccc32)cc1. The Morgan fingerprint density at radius 1 is 0.935 bits per heavy atom. The smallest absolute Gasteiger partial charge is 0.258 e. The van der Waals surface area contributed by atoms with Crippen LogP contribution in [0.25, 0.3) is 22.6 Å². The van der Waals surface area contributed by atoms with E-state index in [0.717, 1.165) is 45.6 Å². The molecule has 3 aromatic carbocycles.